The molecule has 0 amide bonds. The molecule has 0 radical (unpaired) electrons. The third kappa shape index (κ3) is 3.85. The Balaban J connectivity index is 2.46. The van der Waals surface area contributed by atoms with E-state index < -0.39 is 5.97 Å². The Morgan fingerprint density at radius 3 is 2.65 bits per heavy atom. The van der Waals surface area contributed by atoms with Gasteiger partial charge in [-0.1, -0.05) is 0 Å². The summed E-state index contributed by atoms with van der Waals surface area (Å²) in [6.45, 7) is 2.32. The molecule has 1 rings (SSSR count). The van der Waals surface area contributed by atoms with Crippen LogP contribution in [-0.2, 0) is 16.0 Å². The van der Waals surface area contributed by atoms with Crippen molar-refractivity contribution in [2.24, 2.45) is 0 Å². The summed E-state index contributed by atoms with van der Waals surface area (Å²) >= 11 is 0. The van der Waals surface area contributed by atoms with Gasteiger partial charge in [0.1, 0.15) is 12.0 Å². The highest BCUT2D eigenvalue weighted by Gasteiger charge is 2.16. The first kappa shape index (κ1) is 13.7. The van der Waals surface area contributed by atoms with Gasteiger partial charge in [0.05, 0.1) is 18.2 Å². The van der Waals surface area contributed by atoms with Crippen LogP contribution in [0.25, 0.3) is 0 Å². The normalized spacial score (nSPS) is 12.9. The highest BCUT2D eigenvalue weighted by Crippen LogP contribution is 2.08. The Labute approximate surface area is 99.5 Å². The number of methoxy groups -OCH3 is 2. The van der Waals surface area contributed by atoms with E-state index in [4.69, 9.17) is 19.0 Å². The third-order valence-electron chi connectivity index (χ3n) is 2.37. The van der Waals surface area contributed by atoms with Gasteiger partial charge < -0.3 is 24.3 Å². The fraction of sp³-hybridized carbons (Fsp3) is 0.545. The lowest BCUT2D eigenvalue weighted by atomic mass is 10.3. The molecule has 1 heterocycles. The summed E-state index contributed by atoms with van der Waals surface area (Å²) in [7, 11) is 3.11. The van der Waals surface area contributed by atoms with Gasteiger partial charge in [0.15, 0.2) is 6.29 Å². The topological polar surface area (TPSA) is 80.9 Å². The molecule has 0 spiro atoms. The summed E-state index contributed by atoms with van der Waals surface area (Å²) in [5.41, 5.74) is 0.143. The van der Waals surface area contributed by atoms with Crippen molar-refractivity contribution < 1.29 is 23.8 Å². The third-order valence-corrected chi connectivity index (χ3v) is 2.37. The van der Waals surface area contributed by atoms with Gasteiger partial charge in [0.2, 0.25) is 0 Å². The van der Waals surface area contributed by atoms with Crippen molar-refractivity contribution in [2.75, 3.05) is 14.2 Å². The second-order valence-corrected chi connectivity index (χ2v) is 3.62. The van der Waals surface area contributed by atoms with Crippen molar-refractivity contribution in [3.8, 4) is 0 Å². The molecular formula is C11H17NO5. The zero-order valence-corrected chi connectivity index (χ0v) is 10.1. The van der Waals surface area contributed by atoms with Gasteiger partial charge >= 0.3 is 5.97 Å². The van der Waals surface area contributed by atoms with Crippen molar-refractivity contribution in [1.29, 1.82) is 0 Å². The van der Waals surface area contributed by atoms with E-state index in [9.17, 15) is 4.79 Å². The zero-order valence-electron chi connectivity index (χ0n) is 10.1. The first-order valence-corrected chi connectivity index (χ1v) is 5.18. The molecule has 1 aromatic heterocycles. The first-order valence-electron chi connectivity index (χ1n) is 5.18. The van der Waals surface area contributed by atoms with Crippen molar-refractivity contribution in [3.63, 3.8) is 0 Å². The Morgan fingerprint density at radius 2 is 2.18 bits per heavy atom. The number of hydrogen-bond acceptors (Lipinski definition) is 5. The Hall–Kier alpha value is -1.37. The minimum absolute atomic E-state index is 0.0385. The minimum atomic E-state index is -1.00. The van der Waals surface area contributed by atoms with Crippen LogP contribution < -0.4 is 5.32 Å². The largest absolute Gasteiger partial charge is 0.478 e. The molecular weight excluding hydrogens is 226 g/mol. The molecule has 0 aliphatic rings. The van der Waals surface area contributed by atoms with Gasteiger partial charge in [0, 0.05) is 14.2 Å². The lowest BCUT2D eigenvalue weighted by molar-refractivity contribution is -0.119. The summed E-state index contributed by atoms with van der Waals surface area (Å²) in [5, 5.41) is 11.8. The molecule has 0 aliphatic heterocycles. The maximum Gasteiger partial charge on any atom is 0.338 e. The van der Waals surface area contributed by atoms with Crippen LogP contribution in [0.5, 0.6) is 0 Å². The van der Waals surface area contributed by atoms with E-state index in [0.29, 0.717) is 12.3 Å². The number of furan rings is 1. The highest BCUT2D eigenvalue weighted by molar-refractivity contribution is 5.87. The number of ether oxygens (including phenoxy) is 2. The summed E-state index contributed by atoms with van der Waals surface area (Å²) in [6.07, 6.45) is 0.859. The molecule has 96 valence electrons. The predicted octanol–water partition coefficient (Wildman–Crippen LogP) is 1.07. The second-order valence-electron chi connectivity index (χ2n) is 3.62. The Morgan fingerprint density at radius 1 is 1.53 bits per heavy atom. The number of carboxylic acids is 1. The summed E-state index contributed by atoms with van der Waals surface area (Å²) in [6, 6.07) is 1.44. The minimum Gasteiger partial charge on any atom is -0.478 e. The van der Waals surface area contributed by atoms with E-state index in [1.807, 2.05) is 6.92 Å². The van der Waals surface area contributed by atoms with Crippen molar-refractivity contribution >= 4 is 5.97 Å². The number of nitrogens with one attached hydrogen (secondary N) is 1. The molecule has 0 saturated carbocycles. The monoisotopic (exact) mass is 243 g/mol. The molecule has 0 saturated heterocycles. The van der Waals surface area contributed by atoms with Gasteiger partial charge in [-0.2, -0.15) is 0 Å². The molecule has 0 aromatic carbocycles. The summed E-state index contributed by atoms with van der Waals surface area (Å²) < 4.78 is 15.3. The van der Waals surface area contributed by atoms with Crippen molar-refractivity contribution in [2.45, 2.75) is 25.8 Å². The van der Waals surface area contributed by atoms with Crippen LogP contribution in [-0.4, -0.2) is 37.6 Å². The lowest BCUT2D eigenvalue weighted by Crippen LogP contribution is -2.39. The van der Waals surface area contributed by atoms with Gasteiger partial charge in [0.25, 0.3) is 0 Å². The van der Waals surface area contributed by atoms with Crippen LogP contribution >= 0.6 is 0 Å². The Kier molecular flexibility index (Phi) is 5.14. The molecule has 1 aromatic rings. The van der Waals surface area contributed by atoms with Crippen molar-refractivity contribution in [3.05, 3.63) is 23.7 Å². The van der Waals surface area contributed by atoms with E-state index >= 15 is 0 Å². The van der Waals surface area contributed by atoms with Gasteiger partial charge in [-0.25, -0.2) is 4.79 Å². The molecule has 2 N–H and O–H groups in total. The summed E-state index contributed by atoms with van der Waals surface area (Å²) in [4.78, 5) is 10.6. The van der Waals surface area contributed by atoms with Gasteiger partial charge in [-0.15, -0.1) is 0 Å². The molecule has 0 aliphatic carbocycles. The quantitative estimate of drug-likeness (QED) is 0.697. The maximum atomic E-state index is 10.6. The molecule has 0 fully saturated rings. The second kappa shape index (κ2) is 6.39. The van der Waals surface area contributed by atoms with E-state index in [2.05, 4.69) is 5.32 Å². The first-order chi connectivity index (χ1) is 8.08. The van der Waals surface area contributed by atoms with E-state index in [1.54, 1.807) is 14.2 Å². The van der Waals surface area contributed by atoms with E-state index in [-0.39, 0.29) is 17.9 Å². The fourth-order valence-electron chi connectivity index (χ4n) is 1.45. The van der Waals surface area contributed by atoms with Crippen LogP contribution in [0.3, 0.4) is 0 Å². The SMILES string of the molecule is COC(OC)C(C)NCc1cc(C(=O)O)co1. The van der Waals surface area contributed by atoms with Crippen LogP contribution in [0.1, 0.15) is 23.0 Å². The zero-order chi connectivity index (χ0) is 12.8. The molecule has 6 heteroatoms. The molecule has 6 nitrogen and oxygen atoms in total. The molecule has 1 atom stereocenters. The molecule has 0 bridgehead atoms. The number of hydrogen-bond donors (Lipinski definition) is 2. The lowest BCUT2D eigenvalue weighted by Gasteiger charge is -2.21. The van der Waals surface area contributed by atoms with Crippen LogP contribution in [0.4, 0.5) is 0 Å². The number of carboxylic acid groups (broad SMARTS) is 1. The average molecular weight is 243 g/mol. The smallest absolute Gasteiger partial charge is 0.338 e. The van der Waals surface area contributed by atoms with E-state index in [0.717, 1.165) is 0 Å². The number of rotatable bonds is 7. The molecule has 17 heavy (non-hydrogen) atoms. The van der Waals surface area contributed by atoms with Gasteiger partial charge in [-0.3, -0.25) is 0 Å². The predicted molar refractivity (Wildman–Crippen MR) is 59.8 cm³/mol. The average Bonchev–Trinajstić information content (AvgIpc) is 2.76. The Bertz CT molecular complexity index is 358. The van der Waals surface area contributed by atoms with Crippen molar-refractivity contribution in [1.82, 2.24) is 5.32 Å². The highest BCUT2D eigenvalue weighted by atomic mass is 16.7. The molecule has 1 unspecified atom stereocenters. The number of aromatic carboxylic acids is 1. The standard InChI is InChI=1S/C11H17NO5/c1-7(11(15-2)16-3)12-5-9-4-8(6-17-9)10(13)14/h4,6-7,11-12H,5H2,1-3H3,(H,13,14). The van der Waals surface area contributed by atoms with Gasteiger partial charge in [-0.05, 0) is 13.0 Å². The van der Waals surface area contributed by atoms with Crippen LogP contribution in [0.2, 0.25) is 0 Å². The van der Waals surface area contributed by atoms with Crippen LogP contribution in [0, 0.1) is 0 Å². The maximum absolute atomic E-state index is 10.6. The number of carbonyl (C=O) groups is 1. The van der Waals surface area contributed by atoms with Crippen LogP contribution in [0.15, 0.2) is 16.7 Å². The summed E-state index contributed by atoms with van der Waals surface area (Å²) in [5.74, 6) is -0.445. The fourth-order valence-corrected chi connectivity index (χ4v) is 1.45. The van der Waals surface area contributed by atoms with E-state index in [1.165, 1.54) is 12.3 Å².